The maximum Gasteiger partial charge on any atom is 0.274 e. The van der Waals surface area contributed by atoms with Crippen molar-refractivity contribution in [3.05, 3.63) is 53.9 Å². The Labute approximate surface area is 130 Å². The molecule has 5 heteroatoms. The van der Waals surface area contributed by atoms with Crippen molar-refractivity contribution in [3.63, 3.8) is 0 Å². The Morgan fingerprint density at radius 3 is 3.05 bits per heavy atom. The van der Waals surface area contributed by atoms with E-state index in [2.05, 4.69) is 21.0 Å². The number of rotatable bonds is 3. The summed E-state index contributed by atoms with van der Waals surface area (Å²) in [6.45, 7) is 3.58. The largest absolute Gasteiger partial charge is 0.337 e. The highest BCUT2D eigenvalue weighted by Crippen LogP contribution is 2.21. The van der Waals surface area contributed by atoms with Crippen LogP contribution in [0.3, 0.4) is 0 Å². The van der Waals surface area contributed by atoms with Gasteiger partial charge in [0.25, 0.3) is 5.91 Å². The molecular formula is C17H20N4O. The van der Waals surface area contributed by atoms with E-state index in [0.29, 0.717) is 11.6 Å². The molecule has 1 aliphatic heterocycles. The number of pyridine rings is 1. The molecule has 0 aromatic carbocycles. The van der Waals surface area contributed by atoms with Crippen LogP contribution in [0.15, 0.2) is 36.8 Å². The van der Waals surface area contributed by atoms with Gasteiger partial charge in [0.05, 0.1) is 6.20 Å². The first kappa shape index (κ1) is 14.6. The van der Waals surface area contributed by atoms with E-state index in [0.717, 1.165) is 43.7 Å². The van der Waals surface area contributed by atoms with Gasteiger partial charge < -0.3 is 4.90 Å². The first-order chi connectivity index (χ1) is 10.7. The number of nitrogens with zero attached hydrogens (tertiary/aromatic N) is 4. The highest BCUT2D eigenvalue weighted by molar-refractivity contribution is 5.92. The number of likely N-dealkylation sites (tertiary alicyclic amines) is 1. The van der Waals surface area contributed by atoms with Crippen LogP contribution in [0.25, 0.3) is 0 Å². The second kappa shape index (κ2) is 6.64. The maximum atomic E-state index is 12.5. The Balaban J connectivity index is 1.65. The molecule has 22 heavy (non-hydrogen) atoms. The predicted octanol–water partition coefficient (Wildman–Crippen LogP) is 2.27. The van der Waals surface area contributed by atoms with E-state index >= 15 is 0 Å². The Kier molecular flexibility index (Phi) is 4.42. The molecule has 1 amide bonds. The van der Waals surface area contributed by atoms with E-state index in [1.807, 2.05) is 24.0 Å². The number of aryl methyl sites for hydroxylation is 1. The van der Waals surface area contributed by atoms with Gasteiger partial charge >= 0.3 is 0 Å². The van der Waals surface area contributed by atoms with Gasteiger partial charge in [-0.1, -0.05) is 6.07 Å². The minimum absolute atomic E-state index is 0.0185. The lowest BCUT2D eigenvalue weighted by Crippen LogP contribution is -2.41. The van der Waals surface area contributed by atoms with Crippen molar-refractivity contribution in [2.24, 2.45) is 5.92 Å². The predicted molar refractivity (Wildman–Crippen MR) is 83.3 cm³/mol. The van der Waals surface area contributed by atoms with Crippen LogP contribution >= 0.6 is 0 Å². The number of hydrogen-bond acceptors (Lipinski definition) is 4. The van der Waals surface area contributed by atoms with Gasteiger partial charge in [-0.15, -0.1) is 0 Å². The summed E-state index contributed by atoms with van der Waals surface area (Å²) >= 11 is 0. The fourth-order valence-electron chi connectivity index (χ4n) is 3.00. The zero-order valence-corrected chi connectivity index (χ0v) is 12.8. The van der Waals surface area contributed by atoms with Crippen LogP contribution in [0, 0.1) is 12.8 Å². The van der Waals surface area contributed by atoms with Crippen molar-refractivity contribution >= 4 is 5.91 Å². The van der Waals surface area contributed by atoms with E-state index in [-0.39, 0.29) is 5.91 Å². The number of carbonyl (C=O) groups is 1. The maximum absolute atomic E-state index is 12.5. The Bertz CT molecular complexity index is 644. The van der Waals surface area contributed by atoms with Crippen molar-refractivity contribution in [1.29, 1.82) is 0 Å². The molecular weight excluding hydrogens is 276 g/mol. The molecule has 1 aliphatic rings. The lowest BCUT2D eigenvalue weighted by molar-refractivity contribution is 0.0666. The number of piperidine rings is 1. The first-order valence-electron chi connectivity index (χ1n) is 7.70. The van der Waals surface area contributed by atoms with Crippen LogP contribution < -0.4 is 0 Å². The molecule has 0 radical (unpaired) electrons. The molecule has 1 saturated heterocycles. The molecule has 0 N–H and O–H groups in total. The van der Waals surface area contributed by atoms with Crippen molar-refractivity contribution in [2.75, 3.05) is 13.1 Å². The molecule has 0 saturated carbocycles. The average Bonchev–Trinajstić information content (AvgIpc) is 2.55. The van der Waals surface area contributed by atoms with Gasteiger partial charge in [-0.2, -0.15) is 0 Å². The number of amides is 1. The van der Waals surface area contributed by atoms with E-state index < -0.39 is 0 Å². The van der Waals surface area contributed by atoms with Crippen LogP contribution in [0.5, 0.6) is 0 Å². The second-order valence-electron chi connectivity index (χ2n) is 5.82. The SMILES string of the molecule is Cc1cccc(C[C@H]2CCCN(C(=O)c3cnccn3)C2)n1. The fraction of sp³-hybridized carbons (Fsp3) is 0.412. The number of aromatic nitrogens is 3. The highest BCUT2D eigenvalue weighted by atomic mass is 16.2. The van der Waals surface area contributed by atoms with Crippen molar-refractivity contribution in [3.8, 4) is 0 Å². The lowest BCUT2D eigenvalue weighted by Gasteiger charge is -2.32. The Morgan fingerprint density at radius 1 is 1.36 bits per heavy atom. The summed E-state index contributed by atoms with van der Waals surface area (Å²) in [5.74, 6) is 0.443. The third-order valence-corrected chi connectivity index (χ3v) is 4.03. The summed E-state index contributed by atoms with van der Waals surface area (Å²) in [4.78, 5) is 27.0. The summed E-state index contributed by atoms with van der Waals surface area (Å²) in [7, 11) is 0. The number of hydrogen-bond donors (Lipinski definition) is 0. The highest BCUT2D eigenvalue weighted by Gasteiger charge is 2.25. The summed E-state index contributed by atoms with van der Waals surface area (Å²) in [6.07, 6.45) is 7.77. The Morgan fingerprint density at radius 2 is 2.27 bits per heavy atom. The van der Waals surface area contributed by atoms with Gasteiger partial charge in [0, 0.05) is 36.9 Å². The van der Waals surface area contributed by atoms with Gasteiger partial charge in [0.1, 0.15) is 5.69 Å². The molecule has 3 rings (SSSR count). The molecule has 0 bridgehead atoms. The minimum Gasteiger partial charge on any atom is -0.337 e. The van der Waals surface area contributed by atoms with E-state index in [1.165, 1.54) is 6.20 Å². The quantitative estimate of drug-likeness (QED) is 0.872. The van der Waals surface area contributed by atoms with Gasteiger partial charge in [-0.25, -0.2) is 4.98 Å². The molecule has 2 aromatic heterocycles. The van der Waals surface area contributed by atoms with Crippen LogP contribution in [-0.4, -0.2) is 38.8 Å². The van der Waals surface area contributed by atoms with Crippen LogP contribution in [0.2, 0.25) is 0 Å². The fourth-order valence-corrected chi connectivity index (χ4v) is 3.00. The van der Waals surface area contributed by atoms with Gasteiger partial charge in [0.15, 0.2) is 0 Å². The van der Waals surface area contributed by atoms with Crippen molar-refractivity contribution in [1.82, 2.24) is 19.9 Å². The van der Waals surface area contributed by atoms with Crippen LogP contribution in [0.4, 0.5) is 0 Å². The van der Waals surface area contributed by atoms with Gasteiger partial charge in [-0.3, -0.25) is 14.8 Å². The molecule has 0 unspecified atom stereocenters. The summed E-state index contributed by atoms with van der Waals surface area (Å²) in [5, 5.41) is 0. The molecule has 3 heterocycles. The zero-order valence-electron chi connectivity index (χ0n) is 12.8. The van der Waals surface area contributed by atoms with E-state index in [1.54, 1.807) is 12.4 Å². The topological polar surface area (TPSA) is 59.0 Å². The molecule has 2 aromatic rings. The monoisotopic (exact) mass is 296 g/mol. The summed E-state index contributed by atoms with van der Waals surface area (Å²) in [6, 6.07) is 6.12. The second-order valence-corrected chi connectivity index (χ2v) is 5.82. The standard InChI is InChI=1S/C17H20N4O/c1-13-4-2-6-15(20-13)10-14-5-3-9-21(12-14)17(22)16-11-18-7-8-19-16/h2,4,6-8,11,14H,3,5,9-10,12H2,1H3/t14-/m1/s1. The first-order valence-corrected chi connectivity index (χ1v) is 7.70. The molecule has 0 spiro atoms. The average molecular weight is 296 g/mol. The van der Waals surface area contributed by atoms with E-state index in [4.69, 9.17) is 0 Å². The molecule has 0 aliphatic carbocycles. The third-order valence-electron chi connectivity index (χ3n) is 4.03. The molecule has 1 fully saturated rings. The third kappa shape index (κ3) is 3.47. The lowest BCUT2D eigenvalue weighted by atomic mass is 9.93. The van der Waals surface area contributed by atoms with Crippen LogP contribution in [0.1, 0.15) is 34.7 Å². The van der Waals surface area contributed by atoms with Gasteiger partial charge in [0.2, 0.25) is 0 Å². The zero-order chi connectivity index (χ0) is 15.4. The molecule has 1 atom stereocenters. The van der Waals surface area contributed by atoms with Gasteiger partial charge in [-0.05, 0) is 44.2 Å². The Hall–Kier alpha value is -2.30. The smallest absolute Gasteiger partial charge is 0.274 e. The number of carbonyl (C=O) groups excluding carboxylic acids is 1. The normalized spacial score (nSPS) is 18.2. The summed E-state index contributed by atoms with van der Waals surface area (Å²) < 4.78 is 0. The van der Waals surface area contributed by atoms with E-state index in [9.17, 15) is 4.79 Å². The van der Waals surface area contributed by atoms with Crippen molar-refractivity contribution < 1.29 is 4.79 Å². The van der Waals surface area contributed by atoms with Crippen LogP contribution in [-0.2, 0) is 6.42 Å². The molecule has 114 valence electrons. The minimum atomic E-state index is -0.0185. The molecule has 5 nitrogen and oxygen atoms in total. The summed E-state index contributed by atoms with van der Waals surface area (Å²) in [5.41, 5.74) is 2.58. The van der Waals surface area contributed by atoms with Crippen molar-refractivity contribution in [2.45, 2.75) is 26.2 Å².